The Morgan fingerprint density at radius 2 is 1.91 bits per heavy atom. The summed E-state index contributed by atoms with van der Waals surface area (Å²) in [5, 5.41) is 7.53. The van der Waals surface area contributed by atoms with Crippen molar-refractivity contribution in [3.63, 3.8) is 0 Å². The number of nitrogens with two attached hydrogens (primary N) is 1. The minimum Gasteiger partial charge on any atom is -0.469 e. The van der Waals surface area contributed by atoms with Crippen molar-refractivity contribution in [1.82, 2.24) is 0 Å². The number of nitrogen functional groups attached to an aromatic ring is 1. The Morgan fingerprint density at radius 1 is 1.17 bits per heavy atom. The topological polar surface area (TPSA) is 85.4 Å². The standard InChI is InChI=1S/C18H20N2O3/c1-22-17(21)11-16(23-12-13-6-3-2-4-7-13)14-8-5-9-15(10-14)18(19)20/h2-10,16H,11-12H2,1H3,(H3,19,20). The molecule has 23 heavy (non-hydrogen) atoms. The monoisotopic (exact) mass is 312 g/mol. The predicted molar refractivity (Wildman–Crippen MR) is 88.1 cm³/mol. The molecule has 0 saturated heterocycles. The van der Waals surface area contributed by atoms with Crippen molar-refractivity contribution in [2.24, 2.45) is 5.73 Å². The molecule has 120 valence electrons. The van der Waals surface area contributed by atoms with Crippen LogP contribution in [0.1, 0.15) is 29.2 Å². The Balaban J connectivity index is 2.17. The van der Waals surface area contributed by atoms with Gasteiger partial charge in [0.2, 0.25) is 0 Å². The number of nitrogens with one attached hydrogen (secondary N) is 1. The van der Waals surface area contributed by atoms with Gasteiger partial charge in [-0.3, -0.25) is 10.2 Å². The fraction of sp³-hybridized carbons (Fsp3) is 0.222. The summed E-state index contributed by atoms with van der Waals surface area (Å²) in [5.41, 5.74) is 7.93. The molecule has 0 heterocycles. The van der Waals surface area contributed by atoms with Crippen LogP contribution in [0.4, 0.5) is 0 Å². The van der Waals surface area contributed by atoms with Crippen LogP contribution in [0.15, 0.2) is 54.6 Å². The molecule has 0 aliphatic carbocycles. The zero-order chi connectivity index (χ0) is 16.7. The van der Waals surface area contributed by atoms with E-state index in [4.69, 9.17) is 20.6 Å². The Labute approximate surface area is 135 Å². The van der Waals surface area contributed by atoms with Gasteiger partial charge in [0.1, 0.15) is 5.84 Å². The van der Waals surface area contributed by atoms with Crippen LogP contribution >= 0.6 is 0 Å². The van der Waals surface area contributed by atoms with E-state index in [0.717, 1.165) is 11.1 Å². The molecule has 0 spiro atoms. The van der Waals surface area contributed by atoms with Gasteiger partial charge in [0.25, 0.3) is 0 Å². The molecular weight excluding hydrogens is 292 g/mol. The zero-order valence-electron chi connectivity index (χ0n) is 13.0. The molecule has 2 aromatic rings. The van der Waals surface area contributed by atoms with Crippen LogP contribution in [0.2, 0.25) is 0 Å². The molecular formula is C18H20N2O3. The maximum absolute atomic E-state index is 11.7. The molecule has 0 aliphatic heterocycles. The molecule has 0 fully saturated rings. The molecule has 0 saturated carbocycles. The summed E-state index contributed by atoms with van der Waals surface area (Å²) in [6.07, 6.45) is -0.355. The SMILES string of the molecule is COC(=O)CC(OCc1ccccc1)c1cccc(C(=N)N)c1. The smallest absolute Gasteiger partial charge is 0.308 e. The number of benzene rings is 2. The fourth-order valence-electron chi connectivity index (χ4n) is 2.19. The highest BCUT2D eigenvalue weighted by atomic mass is 16.5. The van der Waals surface area contributed by atoms with Gasteiger partial charge in [0, 0.05) is 5.56 Å². The normalized spacial score (nSPS) is 11.7. The largest absolute Gasteiger partial charge is 0.469 e. The van der Waals surface area contributed by atoms with E-state index in [1.165, 1.54) is 7.11 Å². The van der Waals surface area contributed by atoms with E-state index in [1.54, 1.807) is 18.2 Å². The van der Waals surface area contributed by atoms with E-state index in [9.17, 15) is 4.79 Å². The average molecular weight is 312 g/mol. The molecule has 2 rings (SSSR count). The van der Waals surface area contributed by atoms with Gasteiger partial charge in [0.15, 0.2) is 0 Å². The predicted octanol–water partition coefficient (Wildman–Crippen LogP) is 2.79. The van der Waals surface area contributed by atoms with Crippen molar-refractivity contribution in [3.8, 4) is 0 Å². The first kappa shape index (κ1) is 16.7. The number of rotatable bonds is 7. The average Bonchev–Trinajstić information content (AvgIpc) is 2.59. The van der Waals surface area contributed by atoms with Crippen LogP contribution in [-0.4, -0.2) is 18.9 Å². The molecule has 0 bridgehead atoms. The quantitative estimate of drug-likeness (QED) is 0.467. The molecule has 0 radical (unpaired) electrons. The van der Waals surface area contributed by atoms with Gasteiger partial charge in [-0.25, -0.2) is 0 Å². The molecule has 5 heteroatoms. The number of carbonyl (C=O) groups excluding carboxylic acids is 1. The Morgan fingerprint density at radius 3 is 2.57 bits per heavy atom. The number of amidine groups is 1. The van der Waals surface area contributed by atoms with Crippen molar-refractivity contribution in [2.75, 3.05) is 7.11 Å². The van der Waals surface area contributed by atoms with Crippen molar-refractivity contribution in [3.05, 3.63) is 71.3 Å². The molecule has 0 aromatic heterocycles. The van der Waals surface area contributed by atoms with Gasteiger partial charge < -0.3 is 15.2 Å². The minimum absolute atomic E-state index is 0.0215. The second-order valence-corrected chi connectivity index (χ2v) is 5.10. The van der Waals surface area contributed by atoms with Crippen LogP contribution in [-0.2, 0) is 20.9 Å². The third-order valence-electron chi connectivity index (χ3n) is 3.44. The highest BCUT2D eigenvalue weighted by molar-refractivity contribution is 5.95. The number of carbonyl (C=O) groups is 1. The fourth-order valence-corrected chi connectivity index (χ4v) is 2.19. The van der Waals surface area contributed by atoms with E-state index >= 15 is 0 Å². The maximum Gasteiger partial charge on any atom is 0.308 e. The van der Waals surface area contributed by atoms with Gasteiger partial charge in [-0.1, -0.05) is 48.5 Å². The van der Waals surface area contributed by atoms with Gasteiger partial charge in [-0.2, -0.15) is 0 Å². The Bertz CT molecular complexity index is 671. The van der Waals surface area contributed by atoms with Crippen LogP contribution in [0.5, 0.6) is 0 Å². The van der Waals surface area contributed by atoms with Crippen molar-refractivity contribution in [1.29, 1.82) is 5.41 Å². The van der Waals surface area contributed by atoms with Crippen LogP contribution < -0.4 is 5.73 Å². The van der Waals surface area contributed by atoms with Crippen LogP contribution in [0, 0.1) is 5.41 Å². The van der Waals surface area contributed by atoms with Crippen LogP contribution in [0.25, 0.3) is 0 Å². The first-order valence-electron chi connectivity index (χ1n) is 7.27. The summed E-state index contributed by atoms with van der Waals surface area (Å²) < 4.78 is 10.7. The summed E-state index contributed by atoms with van der Waals surface area (Å²) in [6, 6.07) is 16.9. The highest BCUT2D eigenvalue weighted by Crippen LogP contribution is 2.24. The number of esters is 1. The summed E-state index contributed by atoms with van der Waals surface area (Å²) in [4.78, 5) is 11.7. The summed E-state index contributed by atoms with van der Waals surface area (Å²) >= 11 is 0. The summed E-state index contributed by atoms with van der Waals surface area (Å²) in [5.74, 6) is -0.372. The molecule has 5 nitrogen and oxygen atoms in total. The van der Waals surface area contributed by atoms with Gasteiger partial charge in [-0.05, 0) is 17.2 Å². The van der Waals surface area contributed by atoms with E-state index in [-0.39, 0.29) is 18.2 Å². The second-order valence-electron chi connectivity index (χ2n) is 5.10. The lowest BCUT2D eigenvalue weighted by Gasteiger charge is -2.18. The lowest BCUT2D eigenvalue weighted by molar-refractivity contribution is -0.144. The van der Waals surface area contributed by atoms with Crippen molar-refractivity contribution in [2.45, 2.75) is 19.1 Å². The molecule has 1 atom stereocenters. The molecule has 0 aliphatic rings. The minimum atomic E-state index is -0.457. The van der Waals surface area contributed by atoms with Crippen molar-refractivity contribution >= 4 is 11.8 Å². The number of methoxy groups -OCH3 is 1. The van der Waals surface area contributed by atoms with E-state index in [2.05, 4.69) is 0 Å². The number of hydrogen-bond acceptors (Lipinski definition) is 4. The summed E-state index contributed by atoms with van der Waals surface area (Å²) in [7, 11) is 1.35. The molecule has 1 unspecified atom stereocenters. The summed E-state index contributed by atoms with van der Waals surface area (Å²) in [6.45, 7) is 0.382. The van der Waals surface area contributed by atoms with Gasteiger partial charge >= 0.3 is 5.97 Å². The lowest BCUT2D eigenvalue weighted by atomic mass is 10.0. The lowest BCUT2D eigenvalue weighted by Crippen LogP contribution is -2.15. The van der Waals surface area contributed by atoms with Gasteiger partial charge in [0.05, 0.1) is 26.2 Å². The van der Waals surface area contributed by atoms with Crippen LogP contribution in [0.3, 0.4) is 0 Å². The number of hydrogen-bond donors (Lipinski definition) is 2. The first-order chi connectivity index (χ1) is 11.1. The molecule has 2 aromatic carbocycles. The second kappa shape index (κ2) is 8.10. The Hall–Kier alpha value is -2.66. The van der Waals surface area contributed by atoms with E-state index < -0.39 is 6.10 Å². The third kappa shape index (κ3) is 4.93. The Kier molecular flexibility index (Phi) is 5.88. The maximum atomic E-state index is 11.7. The number of ether oxygens (including phenoxy) is 2. The zero-order valence-corrected chi connectivity index (χ0v) is 13.0. The first-order valence-corrected chi connectivity index (χ1v) is 7.27. The van der Waals surface area contributed by atoms with Gasteiger partial charge in [-0.15, -0.1) is 0 Å². The molecule has 0 amide bonds. The van der Waals surface area contributed by atoms with E-state index in [0.29, 0.717) is 12.2 Å². The van der Waals surface area contributed by atoms with Crippen molar-refractivity contribution < 1.29 is 14.3 Å². The third-order valence-corrected chi connectivity index (χ3v) is 3.44. The highest BCUT2D eigenvalue weighted by Gasteiger charge is 2.18. The molecule has 3 N–H and O–H groups in total. The van der Waals surface area contributed by atoms with E-state index in [1.807, 2.05) is 36.4 Å².